The molecule has 1 heterocycles. The van der Waals surface area contributed by atoms with Gasteiger partial charge in [0.1, 0.15) is 0 Å². The molecule has 1 unspecified atom stereocenters. The van der Waals surface area contributed by atoms with E-state index in [1.54, 1.807) is 0 Å². The number of hydrogen-bond donors (Lipinski definition) is 2. The Labute approximate surface area is 64.9 Å². The van der Waals surface area contributed by atoms with Gasteiger partial charge in [-0.05, 0) is 6.08 Å². The van der Waals surface area contributed by atoms with E-state index in [9.17, 15) is 4.79 Å². The lowest BCUT2D eigenvalue weighted by molar-refractivity contribution is -0.136. The summed E-state index contributed by atoms with van der Waals surface area (Å²) in [5.74, 6) is -0.378. The lowest BCUT2D eigenvalue weighted by atomic mass is 10.1. The van der Waals surface area contributed by atoms with Gasteiger partial charge < -0.3 is 15.2 Å². The molecule has 4 heteroatoms. The molecule has 2 N–H and O–H groups in total. The number of rotatable bonds is 1. The van der Waals surface area contributed by atoms with E-state index in [4.69, 9.17) is 5.11 Å². The summed E-state index contributed by atoms with van der Waals surface area (Å²) >= 11 is 0. The van der Waals surface area contributed by atoms with Crippen LogP contribution in [-0.2, 0) is 9.53 Å². The summed E-state index contributed by atoms with van der Waals surface area (Å²) in [5.41, 5.74) is 0.492. The molecule has 0 aromatic rings. The van der Waals surface area contributed by atoms with Crippen molar-refractivity contribution in [3.8, 4) is 0 Å². The summed E-state index contributed by atoms with van der Waals surface area (Å²) in [6.45, 7) is 0.976. The number of esters is 1. The topological polar surface area (TPSA) is 58.6 Å². The molecule has 0 aromatic heterocycles. The molecule has 1 atom stereocenters. The lowest BCUT2D eigenvalue weighted by Gasteiger charge is -2.16. The summed E-state index contributed by atoms with van der Waals surface area (Å²) in [5, 5.41) is 12.0. The maximum atomic E-state index is 10.9. The first-order valence-corrected chi connectivity index (χ1v) is 3.42. The standard InChI is InChI=1S/C7H11NO3/c1-11-7(10)5-2-6(9)4-8-3-5/h2,6,8-9H,3-4H2,1H3. The van der Waals surface area contributed by atoms with Crippen molar-refractivity contribution < 1.29 is 14.6 Å². The van der Waals surface area contributed by atoms with Crippen LogP contribution in [0, 0.1) is 0 Å². The Bertz CT molecular complexity index is 188. The van der Waals surface area contributed by atoms with Crippen LogP contribution in [0.25, 0.3) is 0 Å². The predicted molar refractivity (Wildman–Crippen MR) is 39.0 cm³/mol. The highest BCUT2D eigenvalue weighted by Gasteiger charge is 2.15. The molecule has 0 aromatic carbocycles. The minimum atomic E-state index is -0.571. The van der Waals surface area contributed by atoms with Crippen molar-refractivity contribution in [3.63, 3.8) is 0 Å². The Morgan fingerprint density at radius 3 is 3.18 bits per heavy atom. The maximum Gasteiger partial charge on any atom is 0.334 e. The van der Waals surface area contributed by atoms with E-state index in [1.165, 1.54) is 13.2 Å². The first kappa shape index (κ1) is 8.23. The second-order valence-electron chi connectivity index (χ2n) is 2.38. The van der Waals surface area contributed by atoms with Crippen LogP contribution in [-0.4, -0.2) is 37.4 Å². The van der Waals surface area contributed by atoms with E-state index in [2.05, 4.69) is 10.1 Å². The molecule has 0 fully saturated rings. The van der Waals surface area contributed by atoms with Crippen molar-refractivity contribution in [3.05, 3.63) is 11.6 Å². The molecule has 1 rings (SSSR count). The minimum Gasteiger partial charge on any atom is -0.466 e. The molecule has 1 aliphatic rings. The number of β-amino-alcohol motifs (C(OH)–C–C–N with tert-alkyl or cyclic N) is 1. The zero-order valence-electron chi connectivity index (χ0n) is 6.33. The zero-order valence-corrected chi connectivity index (χ0v) is 6.33. The number of carbonyl (C=O) groups excluding carboxylic acids is 1. The Kier molecular flexibility index (Phi) is 2.62. The highest BCUT2D eigenvalue weighted by Crippen LogP contribution is 2.02. The van der Waals surface area contributed by atoms with E-state index >= 15 is 0 Å². The molecule has 1 aliphatic heterocycles. The van der Waals surface area contributed by atoms with Crippen molar-refractivity contribution in [2.24, 2.45) is 0 Å². The molecule has 62 valence electrons. The molecule has 0 saturated carbocycles. The van der Waals surface area contributed by atoms with Crippen molar-refractivity contribution >= 4 is 5.97 Å². The van der Waals surface area contributed by atoms with E-state index in [-0.39, 0.29) is 5.97 Å². The molecule has 4 nitrogen and oxygen atoms in total. The van der Waals surface area contributed by atoms with Gasteiger partial charge >= 0.3 is 5.97 Å². The van der Waals surface area contributed by atoms with Gasteiger partial charge in [-0.25, -0.2) is 4.79 Å². The van der Waals surface area contributed by atoms with Gasteiger partial charge in [-0.15, -0.1) is 0 Å². The molecule has 0 saturated heterocycles. The number of carbonyl (C=O) groups is 1. The van der Waals surface area contributed by atoms with Crippen LogP contribution in [0.15, 0.2) is 11.6 Å². The molecular formula is C7H11NO3. The minimum absolute atomic E-state index is 0.378. The fourth-order valence-electron chi connectivity index (χ4n) is 0.976. The van der Waals surface area contributed by atoms with E-state index < -0.39 is 6.10 Å². The molecule has 11 heavy (non-hydrogen) atoms. The van der Waals surface area contributed by atoms with Crippen molar-refractivity contribution in [1.82, 2.24) is 5.32 Å². The van der Waals surface area contributed by atoms with Crippen LogP contribution in [0.4, 0.5) is 0 Å². The molecular weight excluding hydrogens is 146 g/mol. The van der Waals surface area contributed by atoms with Gasteiger partial charge in [0.05, 0.1) is 13.2 Å². The van der Waals surface area contributed by atoms with Crippen LogP contribution in [0.1, 0.15) is 0 Å². The van der Waals surface area contributed by atoms with E-state index in [0.717, 1.165) is 0 Å². The van der Waals surface area contributed by atoms with Gasteiger partial charge in [0, 0.05) is 18.7 Å². The number of methoxy groups -OCH3 is 1. The largest absolute Gasteiger partial charge is 0.466 e. The summed E-state index contributed by atoms with van der Waals surface area (Å²) in [7, 11) is 1.32. The quantitative estimate of drug-likeness (QED) is 0.482. The smallest absolute Gasteiger partial charge is 0.334 e. The third-order valence-corrected chi connectivity index (χ3v) is 1.51. The van der Waals surface area contributed by atoms with Crippen LogP contribution >= 0.6 is 0 Å². The van der Waals surface area contributed by atoms with Crippen LogP contribution < -0.4 is 5.32 Å². The van der Waals surface area contributed by atoms with Crippen LogP contribution in [0.3, 0.4) is 0 Å². The monoisotopic (exact) mass is 157 g/mol. The first-order chi connectivity index (χ1) is 5.24. The fraction of sp³-hybridized carbons (Fsp3) is 0.571. The second-order valence-corrected chi connectivity index (χ2v) is 2.38. The van der Waals surface area contributed by atoms with Crippen molar-refractivity contribution in [2.45, 2.75) is 6.10 Å². The Morgan fingerprint density at radius 2 is 2.64 bits per heavy atom. The Morgan fingerprint density at radius 1 is 1.91 bits per heavy atom. The summed E-state index contributed by atoms with van der Waals surface area (Å²) in [6, 6.07) is 0. The summed E-state index contributed by atoms with van der Waals surface area (Å²) < 4.78 is 4.48. The predicted octanol–water partition coefficient (Wildman–Crippen LogP) is -0.950. The Hall–Kier alpha value is -0.870. The first-order valence-electron chi connectivity index (χ1n) is 3.42. The van der Waals surface area contributed by atoms with Gasteiger partial charge in [-0.3, -0.25) is 0 Å². The Balaban J connectivity index is 2.63. The number of nitrogens with one attached hydrogen (secondary N) is 1. The molecule has 0 aliphatic carbocycles. The highest BCUT2D eigenvalue weighted by atomic mass is 16.5. The third-order valence-electron chi connectivity index (χ3n) is 1.51. The maximum absolute atomic E-state index is 10.9. The van der Waals surface area contributed by atoms with Crippen LogP contribution in [0.5, 0.6) is 0 Å². The number of hydrogen-bond acceptors (Lipinski definition) is 4. The van der Waals surface area contributed by atoms with Gasteiger partial charge in [-0.1, -0.05) is 0 Å². The van der Waals surface area contributed by atoms with Crippen LogP contribution in [0.2, 0.25) is 0 Å². The normalized spacial score (nSPS) is 24.2. The molecule has 0 bridgehead atoms. The average Bonchev–Trinajstić information content (AvgIpc) is 2.03. The van der Waals surface area contributed by atoms with Crippen molar-refractivity contribution in [1.29, 1.82) is 0 Å². The SMILES string of the molecule is COC(=O)C1=CC(O)CNC1. The second kappa shape index (κ2) is 3.50. The molecule has 0 amide bonds. The fourth-order valence-corrected chi connectivity index (χ4v) is 0.976. The average molecular weight is 157 g/mol. The van der Waals surface area contributed by atoms with Crippen molar-refractivity contribution in [2.75, 3.05) is 20.2 Å². The number of ether oxygens (including phenoxy) is 1. The number of aliphatic hydroxyl groups is 1. The summed E-state index contributed by atoms with van der Waals surface area (Å²) in [6.07, 6.45) is 0.945. The highest BCUT2D eigenvalue weighted by molar-refractivity contribution is 5.89. The zero-order chi connectivity index (χ0) is 8.27. The van der Waals surface area contributed by atoms with E-state index in [0.29, 0.717) is 18.7 Å². The molecule has 0 spiro atoms. The van der Waals surface area contributed by atoms with Gasteiger partial charge in [-0.2, -0.15) is 0 Å². The molecule has 0 radical (unpaired) electrons. The summed E-state index contributed by atoms with van der Waals surface area (Å²) in [4.78, 5) is 10.9. The van der Waals surface area contributed by atoms with Gasteiger partial charge in [0.25, 0.3) is 0 Å². The van der Waals surface area contributed by atoms with E-state index in [1.807, 2.05) is 0 Å². The third kappa shape index (κ3) is 2.03. The van der Waals surface area contributed by atoms with Gasteiger partial charge in [0.15, 0.2) is 0 Å². The number of aliphatic hydroxyl groups excluding tert-OH is 1. The van der Waals surface area contributed by atoms with Gasteiger partial charge in [0.2, 0.25) is 0 Å². The lowest BCUT2D eigenvalue weighted by Crippen LogP contribution is -2.34.